The molecule has 0 spiro atoms. The van der Waals surface area contributed by atoms with Crippen LogP contribution in [0.15, 0.2) is 0 Å². The van der Waals surface area contributed by atoms with Gasteiger partial charge in [0.05, 0.1) is 5.60 Å². The Balaban J connectivity index is 2.15. The molecule has 0 radical (unpaired) electrons. The second kappa shape index (κ2) is 2.19. The summed E-state index contributed by atoms with van der Waals surface area (Å²) in [5, 5.41) is 3.31. The monoisotopic (exact) mass is 142 g/mol. The SMILES string of the molecule is NC[C@]12CNCC1CCO2. The minimum Gasteiger partial charge on any atom is -0.372 e. The minimum atomic E-state index is 0.0139. The third-order valence-corrected chi connectivity index (χ3v) is 2.76. The van der Waals surface area contributed by atoms with Crippen LogP contribution in [0.3, 0.4) is 0 Å². The van der Waals surface area contributed by atoms with Crippen LogP contribution in [-0.4, -0.2) is 31.8 Å². The topological polar surface area (TPSA) is 47.3 Å². The van der Waals surface area contributed by atoms with E-state index in [0.29, 0.717) is 12.5 Å². The van der Waals surface area contributed by atoms with Crippen molar-refractivity contribution in [1.82, 2.24) is 5.32 Å². The molecule has 0 aliphatic carbocycles. The molecule has 0 amide bonds. The van der Waals surface area contributed by atoms with Crippen molar-refractivity contribution in [2.45, 2.75) is 12.0 Å². The number of hydrogen-bond acceptors (Lipinski definition) is 3. The van der Waals surface area contributed by atoms with Crippen LogP contribution >= 0.6 is 0 Å². The fourth-order valence-electron chi connectivity index (χ4n) is 2.02. The Morgan fingerprint density at radius 2 is 2.60 bits per heavy atom. The molecule has 3 nitrogen and oxygen atoms in total. The molecule has 0 aromatic heterocycles. The molecule has 2 saturated heterocycles. The lowest BCUT2D eigenvalue weighted by molar-refractivity contribution is 0.0111. The molecular formula is C7H14N2O. The average molecular weight is 142 g/mol. The first-order chi connectivity index (χ1) is 4.87. The van der Waals surface area contributed by atoms with E-state index in [4.69, 9.17) is 10.5 Å². The maximum absolute atomic E-state index is 5.64. The fraction of sp³-hybridized carbons (Fsp3) is 1.00. The van der Waals surface area contributed by atoms with Gasteiger partial charge in [0.15, 0.2) is 0 Å². The number of hydrogen-bond donors (Lipinski definition) is 2. The van der Waals surface area contributed by atoms with Crippen molar-refractivity contribution >= 4 is 0 Å². The summed E-state index contributed by atoms with van der Waals surface area (Å²) in [4.78, 5) is 0. The molecule has 58 valence electrons. The Labute approximate surface area is 60.9 Å². The average Bonchev–Trinajstić information content (AvgIpc) is 2.42. The highest BCUT2D eigenvalue weighted by molar-refractivity contribution is 5.01. The number of rotatable bonds is 1. The lowest BCUT2D eigenvalue weighted by atomic mass is 9.91. The molecule has 10 heavy (non-hydrogen) atoms. The first-order valence-electron chi connectivity index (χ1n) is 3.92. The van der Waals surface area contributed by atoms with E-state index in [1.54, 1.807) is 0 Å². The molecule has 3 N–H and O–H groups in total. The molecule has 2 aliphatic rings. The van der Waals surface area contributed by atoms with Crippen LogP contribution in [0.25, 0.3) is 0 Å². The Morgan fingerprint density at radius 3 is 3.30 bits per heavy atom. The second-order valence-electron chi connectivity index (χ2n) is 3.23. The summed E-state index contributed by atoms with van der Waals surface area (Å²) in [6.07, 6.45) is 1.18. The van der Waals surface area contributed by atoms with Gasteiger partial charge in [-0.15, -0.1) is 0 Å². The summed E-state index contributed by atoms with van der Waals surface area (Å²) < 4.78 is 5.63. The van der Waals surface area contributed by atoms with E-state index in [2.05, 4.69) is 5.32 Å². The smallest absolute Gasteiger partial charge is 0.0968 e. The Hall–Kier alpha value is -0.120. The highest BCUT2D eigenvalue weighted by Gasteiger charge is 2.46. The van der Waals surface area contributed by atoms with Gasteiger partial charge in [0, 0.05) is 32.2 Å². The zero-order valence-corrected chi connectivity index (χ0v) is 6.10. The van der Waals surface area contributed by atoms with Crippen LogP contribution in [-0.2, 0) is 4.74 Å². The lowest BCUT2D eigenvalue weighted by Crippen LogP contribution is -2.43. The molecule has 0 aromatic carbocycles. The largest absolute Gasteiger partial charge is 0.372 e. The first-order valence-corrected chi connectivity index (χ1v) is 3.92. The summed E-state index contributed by atoms with van der Waals surface area (Å²) in [7, 11) is 0. The van der Waals surface area contributed by atoms with Gasteiger partial charge in [-0.2, -0.15) is 0 Å². The van der Waals surface area contributed by atoms with E-state index in [9.17, 15) is 0 Å². The van der Waals surface area contributed by atoms with Crippen LogP contribution in [0.4, 0.5) is 0 Å². The predicted molar refractivity (Wildman–Crippen MR) is 38.7 cm³/mol. The number of ether oxygens (including phenoxy) is 1. The van der Waals surface area contributed by atoms with Crippen molar-refractivity contribution < 1.29 is 4.74 Å². The van der Waals surface area contributed by atoms with Crippen LogP contribution < -0.4 is 11.1 Å². The third-order valence-electron chi connectivity index (χ3n) is 2.76. The van der Waals surface area contributed by atoms with Gasteiger partial charge >= 0.3 is 0 Å². The number of nitrogens with two attached hydrogens (primary N) is 1. The Bertz CT molecular complexity index is 128. The molecule has 0 bridgehead atoms. The van der Waals surface area contributed by atoms with Crippen molar-refractivity contribution in [3.63, 3.8) is 0 Å². The summed E-state index contributed by atoms with van der Waals surface area (Å²) in [6.45, 7) is 3.62. The van der Waals surface area contributed by atoms with Gasteiger partial charge in [-0.3, -0.25) is 0 Å². The van der Waals surface area contributed by atoms with Crippen LogP contribution in [0.1, 0.15) is 6.42 Å². The van der Waals surface area contributed by atoms with Crippen molar-refractivity contribution in [2.24, 2.45) is 11.7 Å². The van der Waals surface area contributed by atoms with Gasteiger partial charge in [-0.25, -0.2) is 0 Å². The summed E-state index contributed by atoms with van der Waals surface area (Å²) in [6, 6.07) is 0. The number of nitrogens with one attached hydrogen (secondary N) is 1. The van der Waals surface area contributed by atoms with Gasteiger partial charge in [0.25, 0.3) is 0 Å². The molecule has 2 heterocycles. The molecule has 0 aromatic rings. The summed E-state index contributed by atoms with van der Waals surface area (Å²) in [5.74, 6) is 0.678. The normalized spacial score (nSPS) is 45.9. The zero-order valence-electron chi connectivity index (χ0n) is 6.10. The van der Waals surface area contributed by atoms with E-state index in [1.807, 2.05) is 0 Å². The Kier molecular flexibility index (Phi) is 1.44. The lowest BCUT2D eigenvalue weighted by Gasteiger charge is -2.24. The third kappa shape index (κ3) is 0.713. The van der Waals surface area contributed by atoms with E-state index < -0.39 is 0 Å². The van der Waals surface area contributed by atoms with Gasteiger partial charge < -0.3 is 15.8 Å². The maximum Gasteiger partial charge on any atom is 0.0968 e. The number of fused-ring (bicyclic) bond motifs is 1. The van der Waals surface area contributed by atoms with Gasteiger partial charge in [0.1, 0.15) is 0 Å². The highest BCUT2D eigenvalue weighted by atomic mass is 16.5. The molecule has 1 unspecified atom stereocenters. The van der Waals surface area contributed by atoms with E-state index in [-0.39, 0.29) is 5.60 Å². The van der Waals surface area contributed by atoms with Gasteiger partial charge in [-0.05, 0) is 6.42 Å². The molecule has 3 heteroatoms. The molecular weight excluding hydrogens is 128 g/mol. The highest BCUT2D eigenvalue weighted by Crippen LogP contribution is 2.33. The standard InChI is InChI=1S/C7H14N2O/c8-4-7-5-9-3-6(7)1-2-10-7/h6,9H,1-5,8H2/t6?,7-/m0/s1. The van der Waals surface area contributed by atoms with Crippen molar-refractivity contribution in [2.75, 3.05) is 26.2 Å². The van der Waals surface area contributed by atoms with E-state index in [1.165, 1.54) is 6.42 Å². The van der Waals surface area contributed by atoms with Crippen LogP contribution in [0, 0.1) is 5.92 Å². The first kappa shape index (κ1) is 6.58. The molecule has 2 atom stereocenters. The minimum absolute atomic E-state index is 0.0139. The molecule has 2 fully saturated rings. The fourth-order valence-corrected chi connectivity index (χ4v) is 2.02. The van der Waals surface area contributed by atoms with Crippen molar-refractivity contribution in [1.29, 1.82) is 0 Å². The van der Waals surface area contributed by atoms with Crippen LogP contribution in [0.2, 0.25) is 0 Å². The second-order valence-corrected chi connectivity index (χ2v) is 3.23. The van der Waals surface area contributed by atoms with E-state index in [0.717, 1.165) is 19.7 Å². The van der Waals surface area contributed by atoms with Gasteiger partial charge in [0.2, 0.25) is 0 Å². The molecule has 0 saturated carbocycles. The zero-order chi connectivity index (χ0) is 7.03. The van der Waals surface area contributed by atoms with Crippen molar-refractivity contribution in [3.8, 4) is 0 Å². The molecule has 2 rings (SSSR count). The predicted octanol–water partition coefficient (Wildman–Crippen LogP) is -0.676. The maximum atomic E-state index is 5.64. The van der Waals surface area contributed by atoms with Gasteiger partial charge in [-0.1, -0.05) is 0 Å². The van der Waals surface area contributed by atoms with Crippen LogP contribution in [0.5, 0.6) is 0 Å². The quantitative estimate of drug-likeness (QED) is 0.510. The summed E-state index contributed by atoms with van der Waals surface area (Å²) in [5.41, 5.74) is 5.66. The molecule has 2 aliphatic heterocycles. The summed E-state index contributed by atoms with van der Waals surface area (Å²) >= 11 is 0. The van der Waals surface area contributed by atoms with Crippen molar-refractivity contribution in [3.05, 3.63) is 0 Å². The van der Waals surface area contributed by atoms with E-state index >= 15 is 0 Å². The Morgan fingerprint density at radius 1 is 1.70 bits per heavy atom.